The zero-order valence-electron chi connectivity index (χ0n) is 14.8. The van der Waals surface area contributed by atoms with Gasteiger partial charge in [-0.05, 0) is 48.4 Å². The van der Waals surface area contributed by atoms with E-state index < -0.39 is 0 Å². The molecule has 0 radical (unpaired) electrons. The molecule has 132 valence electrons. The van der Waals surface area contributed by atoms with Gasteiger partial charge in [-0.1, -0.05) is 23.4 Å². The Bertz CT molecular complexity index is 1040. The third-order valence-corrected chi connectivity index (χ3v) is 4.77. The van der Waals surface area contributed by atoms with Gasteiger partial charge < -0.3 is 14.1 Å². The van der Waals surface area contributed by atoms with Crippen molar-refractivity contribution in [3.63, 3.8) is 0 Å². The molecule has 5 nitrogen and oxygen atoms in total. The van der Waals surface area contributed by atoms with Crippen molar-refractivity contribution in [3.8, 4) is 5.75 Å². The van der Waals surface area contributed by atoms with Crippen molar-refractivity contribution in [3.05, 3.63) is 76.1 Å². The highest BCUT2D eigenvalue weighted by Gasteiger charge is 2.23. The van der Waals surface area contributed by atoms with E-state index in [1.54, 1.807) is 17.7 Å². The van der Waals surface area contributed by atoms with Crippen LogP contribution in [0.1, 0.15) is 17.5 Å². The van der Waals surface area contributed by atoms with Crippen LogP contribution < -0.4 is 10.3 Å². The molecule has 0 aliphatic carbocycles. The molecule has 5 heteroatoms. The monoisotopic (exact) mass is 348 g/mol. The van der Waals surface area contributed by atoms with Gasteiger partial charge in [-0.3, -0.25) is 4.79 Å². The predicted octanol–water partition coefficient (Wildman–Crippen LogP) is 3.51. The molecule has 0 fully saturated rings. The van der Waals surface area contributed by atoms with Crippen molar-refractivity contribution in [1.82, 2.24) is 4.57 Å². The standard InChI is InChI=1S/C21H20N2O3/c1-14-11-21(24)23(20-6-4-3-5-18(14)20)13-17-12-19(22-26-17)15-7-9-16(25-2)10-8-15/h3-11,17H,12-13H2,1-2H3/t17-/m1/s1. The van der Waals surface area contributed by atoms with Crippen LogP contribution >= 0.6 is 0 Å². The third-order valence-electron chi connectivity index (χ3n) is 4.77. The number of aromatic nitrogens is 1. The number of hydrogen-bond donors (Lipinski definition) is 0. The van der Waals surface area contributed by atoms with E-state index in [1.807, 2.05) is 55.5 Å². The second-order valence-corrected chi connectivity index (χ2v) is 6.49. The minimum absolute atomic E-state index is 0.0114. The Labute approximate surface area is 151 Å². The fraction of sp³-hybridized carbons (Fsp3) is 0.238. The average molecular weight is 348 g/mol. The Morgan fingerprint density at radius 2 is 1.96 bits per heavy atom. The van der Waals surface area contributed by atoms with E-state index in [4.69, 9.17) is 9.57 Å². The van der Waals surface area contributed by atoms with Gasteiger partial charge in [0.25, 0.3) is 5.56 Å². The normalized spacial score (nSPS) is 16.4. The highest BCUT2D eigenvalue weighted by Crippen LogP contribution is 2.22. The van der Waals surface area contributed by atoms with Crippen molar-refractivity contribution in [2.24, 2.45) is 5.16 Å². The Hall–Kier alpha value is -3.08. The summed E-state index contributed by atoms with van der Waals surface area (Å²) in [6, 6.07) is 17.4. The fourth-order valence-corrected chi connectivity index (χ4v) is 3.37. The number of aryl methyl sites for hydroxylation is 1. The third kappa shape index (κ3) is 2.96. The lowest BCUT2D eigenvalue weighted by Crippen LogP contribution is -2.27. The molecule has 0 amide bonds. The molecule has 2 aromatic carbocycles. The van der Waals surface area contributed by atoms with Gasteiger partial charge in [0.15, 0.2) is 6.10 Å². The molecule has 0 saturated heterocycles. The first-order chi connectivity index (χ1) is 12.7. The summed E-state index contributed by atoms with van der Waals surface area (Å²) in [4.78, 5) is 18.1. The maximum atomic E-state index is 12.5. The van der Waals surface area contributed by atoms with Crippen LogP contribution in [0.15, 0.2) is 64.5 Å². The molecular weight excluding hydrogens is 328 g/mol. The van der Waals surface area contributed by atoms with Gasteiger partial charge in [0.2, 0.25) is 0 Å². The molecular formula is C21H20N2O3. The summed E-state index contributed by atoms with van der Waals surface area (Å²) in [5, 5.41) is 5.31. The molecule has 1 aromatic heterocycles. The summed E-state index contributed by atoms with van der Waals surface area (Å²) in [6.45, 7) is 2.44. The number of benzene rings is 2. The van der Waals surface area contributed by atoms with Crippen LogP contribution in [0.25, 0.3) is 10.9 Å². The molecule has 1 atom stereocenters. The smallest absolute Gasteiger partial charge is 0.251 e. The minimum atomic E-state index is -0.157. The maximum absolute atomic E-state index is 12.5. The molecule has 0 bridgehead atoms. The Kier molecular flexibility index (Phi) is 4.21. The van der Waals surface area contributed by atoms with Crippen molar-refractivity contribution in [1.29, 1.82) is 0 Å². The number of hydrogen-bond acceptors (Lipinski definition) is 4. The molecule has 0 spiro atoms. The predicted molar refractivity (Wildman–Crippen MR) is 102 cm³/mol. The number of pyridine rings is 1. The van der Waals surface area contributed by atoms with Crippen molar-refractivity contribution in [2.45, 2.75) is 26.0 Å². The summed E-state index contributed by atoms with van der Waals surface area (Å²) in [6.07, 6.45) is 0.511. The van der Waals surface area contributed by atoms with Gasteiger partial charge in [-0.15, -0.1) is 0 Å². The molecule has 2 heterocycles. The Morgan fingerprint density at radius 1 is 1.19 bits per heavy atom. The molecule has 26 heavy (non-hydrogen) atoms. The van der Waals surface area contributed by atoms with Gasteiger partial charge in [0.1, 0.15) is 5.75 Å². The van der Waals surface area contributed by atoms with Crippen LogP contribution in [0.2, 0.25) is 0 Å². The minimum Gasteiger partial charge on any atom is -0.497 e. The quantitative estimate of drug-likeness (QED) is 0.725. The fourth-order valence-electron chi connectivity index (χ4n) is 3.37. The van der Waals surface area contributed by atoms with E-state index in [1.165, 1.54) is 0 Å². The largest absolute Gasteiger partial charge is 0.497 e. The number of para-hydroxylation sites is 1. The Balaban J connectivity index is 1.57. The highest BCUT2D eigenvalue weighted by molar-refractivity contribution is 6.01. The number of fused-ring (bicyclic) bond motifs is 1. The molecule has 1 aliphatic heterocycles. The van der Waals surface area contributed by atoms with E-state index in [9.17, 15) is 4.79 Å². The van der Waals surface area contributed by atoms with Crippen LogP contribution in [-0.4, -0.2) is 23.5 Å². The summed E-state index contributed by atoms with van der Waals surface area (Å²) in [5.74, 6) is 0.808. The molecule has 1 aliphatic rings. The molecule has 4 rings (SSSR count). The number of nitrogens with zero attached hydrogens (tertiary/aromatic N) is 2. The molecule has 0 N–H and O–H groups in total. The lowest BCUT2D eigenvalue weighted by Gasteiger charge is -2.15. The molecule has 0 unspecified atom stereocenters. The number of methoxy groups -OCH3 is 1. The van der Waals surface area contributed by atoms with E-state index >= 15 is 0 Å². The lowest BCUT2D eigenvalue weighted by atomic mass is 10.0. The topological polar surface area (TPSA) is 52.8 Å². The van der Waals surface area contributed by atoms with Gasteiger partial charge in [-0.25, -0.2) is 0 Å². The van der Waals surface area contributed by atoms with Crippen LogP contribution in [0, 0.1) is 6.92 Å². The van der Waals surface area contributed by atoms with Crippen LogP contribution in [0.5, 0.6) is 5.75 Å². The SMILES string of the molecule is COc1ccc(C2=NO[C@@H](Cn3c(=O)cc(C)c4ccccc43)C2)cc1. The summed E-state index contributed by atoms with van der Waals surface area (Å²) < 4.78 is 6.96. The summed E-state index contributed by atoms with van der Waals surface area (Å²) >= 11 is 0. The molecule has 3 aromatic rings. The maximum Gasteiger partial charge on any atom is 0.251 e. The van der Waals surface area contributed by atoms with E-state index in [0.717, 1.165) is 33.5 Å². The van der Waals surface area contributed by atoms with Gasteiger partial charge in [0.05, 0.1) is 24.9 Å². The Morgan fingerprint density at radius 3 is 2.73 bits per heavy atom. The zero-order valence-corrected chi connectivity index (χ0v) is 14.8. The first-order valence-electron chi connectivity index (χ1n) is 8.62. The van der Waals surface area contributed by atoms with Crippen molar-refractivity contribution < 1.29 is 9.57 Å². The second kappa shape index (κ2) is 6.67. The second-order valence-electron chi connectivity index (χ2n) is 6.49. The number of rotatable bonds is 4. The van der Waals surface area contributed by atoms with Gasteiger partial charge in [-0.2, -0.15) is 0 Å². The van der Waals surface area contributed by atoms with E-state index in [0.29, 0.717) is 13.0 Å². The van der Waals surface area contributed by atoms with Crippen LogP contribution in [0.3, 0.4) is 0 Å². The number of ether oxygens (including phenoxy) is 1. The van der Waals surface area contributed by atoms with Gasteiger partial charge in [0, 0.05) is 17.9 Å². The highest BCUT2D eigenvalue weighted by atomic mass is 16.6. The molecule has 0 saturated carbocycles. The average Bonchev–Trinajstić information content (AvgIpc) is 3.14. The van der Waals surface area contributed by atoms with E-state index in [-0.39, 0.29) is 11.7 Å². The zero-order chi connectivity index (χ0) is 18.1. The first-order valence-corrected chi connectivity index (χ1v) is 8.62. The van der Waals surface area contributed by atoms with Crippen molar-refractivity contribution >= 4 is 16.6 Å². The summed E-state index contributed by atoms with van der Waals surface area (Å²) in [7, 11) is 1.64. The summed E-state index contributed by atoms with van der Waals surface area (Å²) in [5.41, 5.74) is 3.81. The van der Waals surface area contributed by atoms with E-state index in [2.05, 4.69) is 5.16 Å². The van der Waals surface area contributed by atoms with Gasteiger partial charge >= 0.3 is 0 Å². The first kappa shape index (κ1) is 16.4. The van der Waals surface area contributed by atoms with Crippen LogP contribution in [-0.2, 0) is 11.4 Å². The lowest BCUT2D eigenvalue weighted by molar-refractivity contribution is 0.0727. The number of oxime groups is 1. The van der Waals surface area contributed by atoms with Crippen molar-refractivity contribution in [2.75, 3.05) is 7.11 Å². The van der Waals surface area contributed by atoms with Crippen LogP contribution in [0.4, 0.5) is 0 Å².